The number of benzene rings is 1. The van der Waals surface area contributed by atoms with Crippen molar-refractivity contribution in [2.75, 3.05) is 5.73 Å². The Morgan fingerprint density at radius 2 is 1.77 bits per heavy atom. The fraction of sp³-hybridized carbons (Fsp3) is 0.350. The molecule has 0 aromatic heterocycles. The molecule has 1 aromatic rings. The highest BCUT2D eigenvalue weighted by atomic mass is 16.3. The first kappa shape index (κ1) is 19.9. The standard InChI is InChI=1S/C20H18N2O8/c1-5-10-7(21)2-3-8(23)12(10)16(26)14-11(5)15(25)6-4-9(24)13(19(22)29)17(27)20(6,30)18(14)28/h2-3,6,11,13-15,23,25,30H,1,4,21H2,(H2,22,29)/t6-,11-,13?,14?,15-,20-/m1/s1. The van der Waals surface area contributed by atoms with Gasteiger partial charge in [-0.05, 0) is 17.7 Å². The molecule has 30 heavy (non-hydrogen) atoms. The van der Waals surface area contributed by atoms with E-state index in [0.717, 1.165) is 6.07 Å². The summed E-state index contributed by atoms with van der Waals surface area (Å²) in [6, 6.07) is 2.47. The van der Waals surface area contributed by atoms with Gasteiger partial charge in [-0.2, -0.15) is 0 Å². The van der Waals surface area contributed by atoms with Crippen LogP contribution >= 0.6 is 0 Å². The molecule has 0 bridgehead atoms. The highest BCUT2D eigenvalue weighted by molar-refractivity contribution is 6.32. The molecule has 1 aromatic carbocycles. The SMILES string of the molecule is C=C1c2c(N)ccc(O)c2C(=O)C2C(=O)[C@]3(O)C(=O)C(C(N)=O)C(=O)C[C@@H]3[C@@H](O)[C@H]12. The lowest BCUT2D eigenvalue weighted by atomic mass is 9.51. The minimum Gasteiger partial charge on any atom is -0.507 e. The van der Waals surface area contributed by atoms with Crippen molar-refractivity contribution < 1.29 is 39.3 Å². The van der Waals surface area contributed by atoms with Crippen LogP contribution in [-0.4, -0.2) is 56.1 Å². The van der Waals surface area contributed by atoms with Crippen molar-refractivity contribution in [2.24, 2.45) is 29.4 Å². The molecule has 0 saturated heterocycles. The first-order valence-electron chi connectivity index (χ1n) is 9.10. The van der Waals surface area contributed by atoms with E-state index in [9.17, 15) is 39.3 Å². The molecular weight excluding hydrogens is 396 g/mol. The molecule has 0 spiro atoms. The smallest absolute Gasteiger partial charge is 0.235 e. The molecule has 1 amide bonds. The van der Waals surface area contributed by atoms with Crippen molar-refractivity contribution in [3.8, 4) is 5.75 Å². The molecule has 3 aliphatic carbocycles. The molecule has 4 rings (SSSR count). The Morgan fingerprint density at radius 1 is 1.13 bits per heavy atom. The number of fused-ring (bicyclic) bond motifs is 3. The number of amides is 1. The average Bonchev–Trinajstić information content (AvgIpc) is 2.66. The molecule has 6 atom stereocenters. The Kier molecular flexibility index (Phi) is 4.03. The third kappa shape index (κ3) is 2.17. The number of aliphatic hydroxyl groups excluding tert-OH is 1. The molecule has 7 N–H and O–H groups in total. The number of phenolic OH excluding ortho intramolecular Hbond substituents is 1. The number of hydrogen-bond acceptors (Lipinski definition) is 9. The molecule has 10 nitrogen and oxygen atoms in total. The van der Waals surface area contributed by atoms with Gasteiger partial charge in [0.15, 0.2) is 34.7 Å². The van der Waals surface area contributed by atoms with Gasteiger partial charge in [-0.3, -0.25) is 24.0 Å². The lowest BCUT2D eigenvalue weighted by molar-refractivity contribution is -0.185. The number of nitrogen functional groups attached to an aromatic ring is 1. The van der Waals surface area contributed by atoms with Gasteiger partial charge in [-0.25, -0.2) is 0 Å². The highest BCUT2D eigenvalue weighted by Crippen LogP contribution is 2.54. The summed E-state index contributed by atoms with van der Waals surface area (Å²) in [6.07, 6.45) is -2.37. The van der Waals surface area contributed by atoms with Crippen LogP contribution in [0, 0.1) is 23.7 Å². The fourth-order valence-corrected chi connectivity index (χ4v) is 5.05. The molecule has 2 unspecified atom stereocenters. The monoisotopic (exact) mass is 414 g/mol. The number of aliphatic hydroxyl groups is 2. The van der Waals surface area contributed by atoms with Crippen LogP contribution in [0.2, 0.25) is 0 Å². The van der Waals surface area contributed by atoms with Crippen LogP contribution in [0.4, 0.5) is 5.69 Å². The number of aromatic hydroxyl groups is 1. The fourth-order valence-electron chi connectivity index (χ4n) is 5.05. The second-order valence-corrected chi connectivity index (χ2v) is 7.91. The molecular formula is C20H18N2O8. The van der Waals surface area contributed by atoms with Gasteiger partial charge >= 0.3 is 0 Å². The number of hydrogen-bond donors (Lipinski definition) is 5. The maximum atomic E-state index is 13.3. The van der Waals surface area contributed by atoms with E-state index in [1.54, 1.807) is 0 Å². The van der Waals surface area contributed by atoms with Crippen LogP contribution in [0.15, 0.2) is 18.7 Å². The van der Waals surface area contributed by atoms with Crippen molar-refractivity contribution in [3.63, 3.8) is 0 Å². The first-order chi connectivity index (χ1) is 13.9. The molecule has 0 aliphatic heterocycles. The number of rotatable bonds is 1. The third-order valence-corrected chi connectivity index (χ3v) is 6.47. The van der Waals surface area contributed by atoms with E-state index in [0.29, 0.717) is 0 Å². The van der Waals surface area contributed by atoms with Gasteiger partial charge in [0.05, 0.1) is 17.6 Å². The van der Waals surface area contributed by atoms with Crippen molar-refractivity contribution >= 4 is 40.3 Å². The van der Waals surface area contributed by atoms with Crippen LogP contribution in [0.5, 0.6) is 5.75 Å². The van der Waals surface area contributed by atoms with Gasteiger partial charge in [0.1, 0.15) is 5.75 Å². The number of anilines is 1. The zero-order valence-electron chi connectivity index (χ0n) is 15.5. The molecule has 0 heterocycles. The third-order valence-electron chi connectivity index (χ3n) is 6.47. The Morgan fingerprint density at radius 3 is 2.37 bits per heavy atom. The van der Waals surface area contributed by atoms with Crippen molar-refractivity contribution in [2.45, 2.75) is 18.1 Å². The lowest BCUT2D eigenvalue weighted by Crippen LogP contribution is -2.72. The second kappa shape index (κ2) is 6.07. The zero-order chi connectivity index (χ0) is 22.3. The summed E-state index contributed by atoms with van der Waals surface area (Å²) in [6.45, 7) is 3.82. The van der Waals surface area contributed by atoms with Crippen molar-refractivity contribution in [3.05, 3.63) is 29.8 Å². The van der Waals surface area contributed by atoms with E-state index in [1.165, 1.54) is 6.07 Å². The van der Waals surface area contributed by atoms with Crippen molar-refractivity contribution in [1.29, 1.82) is 0 Å². The molecule has 156 valence electrons. The molecule has 2 saturated carbocycles. The number of Topliss-reactive ketones (excluding diaryl/α,β-unsaturated/α-hetero) is 4. The van der Waals surface area contributed by atoms with E-state index < -0.39 is 76.6 Å². The predicted octanol–water partition coefficient (Wildman–Crippen LogP) is -1.65. The summed E-state index contributed by atoms with van der Waals surface area (Å²) in [5, 5.41) is 32.2. The number of carbonyl (C=O) groups excluding carboxylic acids is 5. The average molecular weight is 414 g/mol. The highest BCUT2D eigenvalue weighted by Gasteiger charge is 2.69. The van der Waals surface area contributed by atoms with Crippen LogP contribution in [0.25, 0.3) is 5.57 Å². The van der Waals surface area contributed by atoms with Crippen LogP contribution < -0.4 is 11.5 Å². The largest absolute Gasteiger partial charge is 0.507 e. The van der Waals surface area contributed by atoms with Gasteiger partial charge in [-0.15, -0.1) is 0 Å². The maximum Gasteiger partial charge on any atom is 0.235 e. The summed E-state index contributed by atoms with van der Waals surface area (Å²) in [5.74, 6) is -13.1. The van der Waals surface area contributed by atoms with E-state index in [4.69, 9.17) is 11.5 Å². The van der Waals surface area contributed by atoms with Crippen LogP contribution in [-0.2, 0) is 19.2 Å². The topological polar surface area (TPSA) is 198 Å². The Labute approximate surface area is 169 Å². The number of primary amides is 1. The number of carbonyl (C=O) groups is 5. The number of nitrogens with two attached hydrogens (primary N) is 2. The second-order valence-electron chi connectivity index (χ2n) is 7.91. The quantitative estimate of drug-likeness (QED) is 0.203. The van der Waals surface area contributed by atoms with Gasteiger partial charge in [0.2, 0.25) is 5.91 Å². The molecule has 0 radical (unpaired) electrons. The maximum absolute atomic E-state index is 13.3. The van der Waals surface area contributed by atoms with Gasteiger partial charge < -0.3 is 26.8 Å². The summed E-state index contributed by atoms with van der Waals surface area (Å²) < 4.78 is 0. The summed E-state index contributed by atoms with van der Waals surface area (Å²) in [5.41, 5.74) is 7.93. The van der Waals surface area contributed by atoms with E-state index in [-0.39, 0.29) is 22.4 Å². The van der Waals surface area contributed by atoms with Crippen LogP contribution in [0.3, 0.4) is 0 Å². The Balaban J connectivity index is 1.93. The number of phenols is 1. The van der Waals surface area contributed by atoms with Gasteiger partial charge in [0.25, 0.3) is 0 Å². The minimum absolute atomic E-state index is 0.0574. The Bertz CT molecular complexity index is 1090. The van der Waals surface area contributed by atoms with Crippen LogP contribution in [0.1, 0.15) is 22.3 Å². The lowest BCUT2D eigenvalue weighted by Gasteiger charge is -2.51. The minimum atomic E-state index is -2.96. The zero-order valence-corrected chi connectivity index (χ0v) is 15.5. The summed E-state index contributed by atoms with van der Waals surface area (Å²) in [7, 11) is 0. The first-order valence-corrected chi connectivity index (χ1v) is 9.10. The number of ketones is 4. The van der Waals surface area contributed by atoms with E-state index in [1.807, 2.05) is 0 Å². The summed E-state index contributed by atoms with van der Waals surface area (Å²) in [4.78, 5) is 63.2. The van der Waals surface area contributed by atoms with Gasteiger partial charge in [-0.1, -0.05) is 6.58 Å². The summed E-state index contributed by atoms with van der Waals surface area (Å²) >= 11 is 0. The van der Waals surface area contributed by atoms with E-state index >= 15 is 0 Å². The van der Waals surface area contributed by atoms with E-state index in [2.05, 4.69) is 6.58 Å². The molecule has 10 heteroatoms. The van der Waals surface area contributed by atoms with Crippen molar-refractivity contribution in [1.82, 2.24) is 0 Å². The van der Waals surface area contributed by atoms with Gasteiger partial charge in [0, 0.05) is 29.5 Å². The Hall–Kier alpha value is -3.37. The normalized spacial score (nSPS) is 35.5. The molecule has 2 fully saturated rings. The predicted molar refractivity (Wildman–Crippen MR) is 99.6 cm³/mol. The molecule has 3 aliphatic rings.